The predicted octanol–water partition coefficient (Wildman–Crippen LogP) is 0.800. The van der Waals surface area contributed by atoms with Gasteiger partial charge in [-0.1, -0.05) is 15.9 Å². The Labute approximate surface area is 107 Å². The van der Waals surface area contributed by atoms with Crippen molar-refractivity contribution < 1.29 is 15.1 Å². The van der Waals surface area contributed by atoms with Crippen molar-refractivity contribution >= 4 is 21.6 Å². The van der Waals surface area contributed by atoms with E-state index in [4.69, 9.17) is 10.2 Å². The molecule has 0 aliphatic carbocycles. The van der Waals surface area contributed by atoms with Crippen LogP contribution in [0.1, 0.15) is 5.56 Å². The van der Waals surface area contributed by atoms with Crippen LogP contribution in [0.5, 0.6) is 0 Å². The molecule has 3 N–H and O–H groups in total. The first-order chi connectivity index (χ1) is 8.04. The highest BCUT2D eigenvalue weighted by atomic mass is 79.9. The van der Waals surface area contributed by atoms with Gasteiger partial charge in [0.25, 0.3) is 5.69 Å². The molecule has 0 aromatic heterocycles. The molecule has 1 atom stereocenters. The summed E-state index contributed by atoms with van der Waals surface area (Å²) in [5.41, 5.74) is 0.872. The Morgan fingerprint density at radius 1 is 1.53 bits per heavy atom. The van der Waals surface area contributed by atoms with E-state index in [1.54, 1.807) is 6.07 Å². The number of non-ortho nitro benzene ring substituents is 1. The van der Waals surface area contributed by atoms with Crippen LogP contribution in [0, 0.1) is 10.1 Å². The van der Waals surface area contributed by atoms with Crippen LogP contribution in [0.2, 0.25) is 0 Å². The Balaban J connectivity index is 2.57. The number of nitro benzene ring substituents is 1. The lowest BCUT2D eigenvalue weighted by molar-refractivity contribution is -0.384. The molecule has 17 heavy (non-hydrogen) atoms. The highest BCUT2D eigenvalue weighted by molar-refractivity contribution is 9.10. The number of benzene rings is 1. The fourth-order valence-electron chi connectivity index (χ4n) is 1.23. The normalized spacial score (nSPS) is 12.4. The Kier molecular flexibility index (Phi) is 5.49. The Morgan fingerprint density at radius 3 is 2.76 bits per heavy atom. The largest absolute Gasteiger partial charge is 0.394 e. The van der Waals surface area contributed by atoms with Gasteiger partial charge in [-0.05, 0) is 11.6 Å². The van der Waals surface area contributed by atoms with E-state index in [2.05, 4.69) is 21.2 Å². The fraction of sp³-hybridized carbons (Fsp3) is 0.400. The summed E-state index contributed by atoms with van der Waals surface area (Å²) in [7, 11) is 0. The average molecular weight is 305 g/mol. The third-order valence-corrected chi connectivity index (χ3v) is 2.89. The van der Waals surface area contributed by atoms with Crippen molar-refractivity contribution in [3.63, 3.8) is 0 Å². The number of nitrogens with zero attached hydrogens (tertiary/aromatic N) is 1. The number of aliphatic hydroxyl groups excluding tert-OH is 2. The first-order valence-electron chi connectivity index (χ1n) is 4.97. The second kappa shape index (κ2) is 6.65. The molecule has 7 heteroatoms. The lowest BCUT2D eigenvalue weighted by Gasteiger charge is -2.09. The number of hydrogen-bond acceptors (Lipinski definition) is 5. The van der Waals surface area contributed by atoms with Gasteiger partial charge in [0.1, 0.15) is 0 Å². The van der Waals surface area contributed by atoms with Gasteiger partial charge in [-0.15, -0.1) is 0 Å². The van der Waals surface area contributed by atoms with Crippen LogP contribution in [0.4, 0.5) is 5.69 Å². The van der Waals surface area contributed by atoms with Crippen molar-refractivity contribution in [1.29, 1.82) is 0 Å². The van der Waals surface area contributed by atoms with Gasteiger partial charge in [-0.3, -0.25) is 10.1 Å². The summed E-state index contributed by atoms with van der Waals surface area (Å²) in [6.07, 6.45) is -0.799. The molecule has 0 spiro atoms. The summed E-state index contributed by atoms with van der Waals surface area (Å²) < 4.78 is 0.637. The van der Waals surface area contributed by atoms with E-state index in [9.17, 15) is 10.1 Å². The van der Waals surface area contributed by atoms with Crippen molar-refractivity contribution in [3.05, 3.63) is 38.3 Å². The standard InChI is InChI=1S/C10H13BrN2O4/c11-10-3-8(13(16)17)2-1-7(10)4-12-5-9(15)6-14/h1-3,9,12,14-15H,4-6H2. The zero-order valence-electron chi connectivity index (χ0n) is 8.97. The second-order valence-electron chi connectivity index (χ2n) is 3.50. The fourth-order valence-corrected chi connectivity index (χ4v) is 1.74. The SMILES string of the molecule is O=[N+]([O-])c1ccc(CNCC(O)CO)c(Br)c1. The van der Waals surface area contributed by atoms with E-state index in [-0.39, 0.29) is 18.8 Å². The van der Waals surface area contributed by atoms with Crippen LogP contribution in [0.25, 0.3) is 0 Å². The summed E-state index contributed by atoms with van der Waals surface area (Å²) >= 11 is 3.24. The van der Waals surface area contributed by atoms with Crippen LogP contribution in [0.3, 0.4) is 0 Å². The van der Waals surface area contributed by atoms with E-state index < -0.39 is 11.0 Å². The molecule has 1 aromatic rings. The molecule has 0 saturated heterocycles. The van der Waals surface area contributed by atoms with Gasteiger partial charge < -0.3 is 15.5 Å². The number of hydrogen-bond donors (Lipinski definition) is 3. The minimum absolute atomic E-state index is 0.0241. The zero-order chi connectivity index (χ0) is 12.8. The third-order valence-electron chi connectivity index (χ3n) is 2.15. The topological polar surface area (TPSA) is 95.6 Å². The molecule has 0 radical (unpaired) electrons. The molecule has 1 rings (SSSR count). The van der Waals surface area contributed by atoms with Crippen LogP contribution in [0.15, 0.2) is 22.7 Å². The van der Waals surface area contributed by atoms with Crippen molar-refractivity contribution in [1.82, 2.24) is 5.32 Å². The molecule has 0 saturated carbocycles. The molecule has 0 aliphatic heterocycles. The number of rotatable bonds is 6. The summed E-state index contributed by atoms with van der Waals surface area (Å²) in [6.45, 7) is 0.421. The lowest BCUT2D eigenvalue weighted by atomic mass is 10.2. The third kappa shape index (κ3) is 4.39. The number of nitro groups is 1. The number of halogens is 1. The van der Waals surface area contributed by atoms with Gasteiger partial charge in [-0.25, -0.2) is 0 Å². The van der Waals surface area contributed by atoms with Crippen molar-refractivity contribution in [2.24, 2.45) is 0 Å². The van der Waals surface area contributed by atoms with Crippen LogP contribution in [-0.4, -0.2) is 34.4 Å². The van der Waals surface area contributed by atoms with Crippen LogP contribution < -0.4 is 5.32 Å². The van der Waals surface area contributed by atoms with Crippen molar-refractivity contribution in [2.45, 2.75) is 12.6 Å². The highest BCUT2D eigenvalue weighted by Crippen LogP contribution is 2.22. The van der Waals surface area contributed by atoms with Gasteiger partial charge in [0.15, 0.2) is 0 Å². The summed E-state index contributed by atoms with van der Waals surface area (Å²) in [5, 5.41) is 31.2. The van der Waals surface area contributed by atoms with E-state index in [1.165, 1.54) is 12.1 Å². The Morgan fingerprint density at radius 2 is 2.24 bits per heavy atom. The molecule has 1 unspecified atom stereocenters. The van der Waals surface area contributed by atoms with E-state index in [1.807, 2.05) is 0 Å². The predicted molar refractivity (Wildman–Crippen MR) is 65.6 cm³/mol. The molecular weight excluding hydrogens is 292 g/mol. The van der Waals surface area contributed by atoms with Crippen molar-refractivity contribution in [2.75, 3.05) is 13.2 Å². The molecule has 0 fully saturated rings. The summed E-state index contributed by atoms with van der Waals surface area (Å²) in [5.74, 6) is 0. The van der Waals surface area contributed by atoms with Gasteiger partial charge >= 0.3 is 0 Å². The van der Waals surface area contributed by atoms with E-state index >= 15 is 0 Å². The smallest absolute Gasteiger partial charge is 0.270 e. The average Bonchev–Trinajstić information content (AvgIpc) is 2.30. The number of aliphatic hydroxyl groups is 2. The van der Waals surface area contributed by atoms with Gasteiger partial charge in [0, 0.05) is 29.7 Å². The Hall–Kier alpha value is -1.02. The van der Waals surface area contributed by atoms with Crippen LogP contribution >= 0.6 is 15.9 Å². The molecule has 0 heterocycles. The monoisotopic (exact) mass is 304 g/mol. The van der Waals surface area contributed by atoms with Gasteiger partial charge in [0.2, 0.25) is 0 Å². The van der Waals surface area contributed by atoms with Crippen molar-refractivity contribution in [3.8, 4) is 0 Å². The van der Waals surface area contributed by atoms with Gasteiger partial charge in [0.05, 0.1) is 17.6 Å². The molecule has 0 bridgehead atoms. The second-order valence-corrected chi connectivity index (χ2v) is 4.35. The molecule has 0 aliphatic rings. The number of nitrogens with one attached hydrogen (secondary N) is 1. The maximum Gasteiger partial charge on any atom is 0.270 e. The highest BCUT2D eigenvalue weighted by Gasteiger charge is 2.09. The summed E-state index contributed by atoms with van der Waals surface area (Å²) in [6, 6.07) is 4.49. The maximum absolute atomic E-state index is 10.5. The molecule has 6 nitrogen and oxygen atoms in total. The Bertz CT molecular complexity index is 400. The van der Waals surface area contributed by atoms with E-state index in [0.717, 1.165) is 5.56 Å². The van der Waals surface area contributed by atoms with Crippen LogP contribution in [-0.2, 0) is 6.54 Å². The van der Waals surface area contributed by atoms with Gasteiger partial charge in [-0.2, -0.15) is 0 Å². The molecule has 1 aromatic carbocycles. The lowest BCUT2D eigenvalue weighted by Crippen LogP contribution is -2.29. The minimum Gasteiger partial charge on any atom is -0.394 e. The first-order valence-corrected chi connectivity index (χ1v) is 5.76. The first kappa shape index (κ1) is 14.0. The molecule has 94 valence electrons. The maximum atomic E-state index is 10.5. The minimum atomic E-state index is -0.799. The quantitative estimate of drug-likeness (QED) is 0.534. The molecule has 0 amide bonds. The summed E-state index contributed by atoms with van der Waals surface area (Å²) in [4.78, 5) is 10.1. The molecular formula is C10H13BrN2O4. The van der Waals surface area contributed by atoms with E-state index in [0.29, 0.717) is 11.0 Å². The zero-order valence-corrected chi connectivity index (χ0v) is 10.6.